The molecule has 0 saturated carbocycles. The van der Waals surface area contributed by atoms with E-state index in [0.29, 0.717) is 0 Å². The minimum absolute atomic E-state index is 0. The van der Waals surface area contributed by atoms with Crippen molar-refractivity contribution in [2.45, 2.75) is 45.8 Å². The van der Waals surface area contributed by atoms with Gasteiger partial charge in [0.25, 0.3) is 0 Å². The largest absolute Gasteiger partial charge is 0.658 e. The molecular weight excluding hydrogens is 393 g/mol. The first kappa shape index (κ1) is 26.0. The molecule has 0 aromatic heterocycles. The molecule has 133 valence electrons. The van der Waals surface area contributed by atoms with Crippen LogP contribution in [-0.2, 0) is 21.7 Å². The third-order valence-electron chi connectivity index (χ3n) is 5.02. The van der Waals surface area contributed by atoms with Crippen LogP contribution >= 0.6 is 24.8 Å². The Morgan fingerprint density at radius 3 is 2.04 bits per heavy atom. The zero-order chi connectivity index (χ0) is 15.8. The molecule has 1 aromatic carbocycles. The van der Waals surface area contributed by atoms with Gasteiger partial charge in [0.1, 0.15) is 5.75 Å². The van der Waals surface area contributed by atoms with Crippen LogP contribution in [0.25, 0.3) is 5.32 Å². The van der Waals surface area contributed by atoms with E-state index in [2.05, 4.69) is 40.8 Å². The normalized spacial score (nSPS) is 19.5. The van der Waals surface area contributed by atoms with Crippen LogP contribution in [0, 0.1) is 0 Å². The summed E-state index contributed by atoms with van der Waals surface area (Å²) in [6.07, 6.45) is 0. The molecule has 0 N–H and O–H groups in total. The molecule has 6 heteroatoms. The van der Waals surface area contributed by atoms with Crippen LogP contribution in [0.15, 0.2) is 46.7 Å². The summed E-state index contributed by atoms with van der Waals surface area (Å²) in [5, 5.41) is 5.12. The summed E-state index contributed by atoms with van der Waals surface area (Å²) in [5.74, 6) is 0.836. The maximum Gasteiger partial charge on any atom is 0.104 e. The Kier molecular flexibility index (Phi) is 10.9. The predicted molar refractivity (Wildman–Crippen MR) is 107 cm³/mol. The molecule has 0 bridgehead atoms. The van der Waals surface area contributed by atoms with Gasteiger partial charge in [0.05, 0.1) is 15.9 Å². The van der Waals surface area contributed by atoms with Crippen LogP contribution in [0.3, 0.4) is 0 Å². The summed E-state index contributed by atoms with van der Waals surface area (Å²) in [4.78, 5) is 0. The smallest absolute Gasteiger partial charge is 0.104 e. The first-order chi connectivity index (χ1) is 9.83. The molecule has 0 amide bonds. The Hall–Kier alpha value is -0.189. The van der Waals surface area contributed by atoms with Crippen molar-refractivity contribution in [2.75, 3.05) is 7.11 Å². The molecule has 0 aliphatic heterocycles. The second-order valence-corrected chi connectivity index (χ2v) is 9.13. The van der Waals surface area contributed by atoms with Crippen molar-refractivity contribution in [3.63, 3.8) is 0 Å². The minimum atomic E-state index is -0.561. The maximum absolute atomic E-state index is 5.45. The van der Waals surface area contributed by atoms with Crippen molar-refractivity contribution in [3.8, 4) is 5.75 Å². The first-order valence-corrected chi connectivity index (χ1v) is 9.89. The molecule has 0 heterocycles. The van der Waals surface area contributed by atoms with E-state index in [0.717, 1.165) is 11.4 Å². The number of rotatable bonds is 4. The Labute approximate surface area is 175 Å². The summed E-state index contributed by atoms with van der Waals surface area (Å²) < 4.78 is 5.45. The average molecular weight is 420 g/mol. The quantitative estimate of drug-likeness (QED) is 0.499. The SMILES string of the molecule is COc1ccccc1[N-]C1=C(C)C(C)=C(C)C1(C)[Si](C)C.Cl.Cl.[Ti]. The van der Waals surface area contributed by atoms with Crippen molar-refractivity contribution in [3.05, 3.63) is 52.0 Å². The Morgan fingerprint density at radius 2 is 1.54 bits per heavy atom. The van der Waals surface area contributed by atoms with Crippen molar-refractivity contribution in [1.29, 1.82) is 0 Å². The first-order valence-electron chi connectivity index (χ1n) is 7.39. The standard InChI is InChI=1S/C18H25NOSi.2ClH.Ti/c1-12-13(2)17(18(4,14(12)3)21(6)7)19-15-10-8-9-11-16(15)20-5;;;/h8-11H,1-7H3;2*1H;/q-1;;;. The molecular formula is C18H27Cl2NOSiTi-. The molecule has 24 heavy (non-hydrogen) atoms. The molecule has 0 saturated heterocycles. The summed E-state index contributed by atoms with van der Waals surface area (Å²) >= 11 is 0. The molecule has 2 nitrogen and oxygen atoms in total. The molecule has 1 radical (unpaired) electrons. The number of benzene rings is 1. The van der Waals surface area contributed by atoms with Gasteiger partial charge in [-0.2, -0.15) is 0 Å². The molecule has 2 rings (SSSR count). The number of hydrogen-bond acceptors (Lipinski definition) is 1. The van der Waals surface area contributed by atoms with Crippen molar-refractivity contribution >= 4 is 39.3 Å². The van der Waals surface area contributed by atoms with Crippen LogP contribution in [0.2, 0.25) is 18.1 Å². The van der Waals surface area contributed by atoms with Gasteiger partial charge in [-0.15, -0.1) is 30.5 Å². The summed E-state index contributed by atoms with van der Waals surface area (Å²) in [6, 6.07) is 8.00. The Bertz CT molecular complexity index is 631. The summed E-state index contributed by atoms with van der Waals surface area (Å²) in [5.41, 5.74) is 6.35. The Morgan fingerprint density at radius 1 is 1.00 bits per heavy atom. The average Bonchev–Trinajstić information content (AvgIpc) is 2.64. The number of nitrogens with zero attached hydrogens (tertiary/aromatic N) is 1. The van der Waals surface area contributed by atoms with Gasteiger partial charge < -0.3 is 10.1 Å². The molecule has 0 spiro atoms. The number of halogens is 2. The van der Waals surface area contributed by atoms with Crippen molar-refractivity contribution in [2.24, 2.45) is 0 Å². The van der Waals surface area contributed by atoms with E-state index in [-0.39, 0.29) is 51.6 Å². The third-order valence-corrected chi connectivity index (χ3v) is 7.63. The minimum Gasteiger partial charge on any atom is -0.658 e. The fraction of sp³-hybridized carbons (Fsp3) is 0.444. The second kappa shape index (κ2) is 10.1. The van der Waals surface area contributed by atoms with Crippen molar-refractivity contribution in [1.82, 2.24) is 0 Å². The van der Waals surface area contributed by atoms with E-state index >= 15 is 0 Å². The van der Waals surface area contributed by atoms with Crippen LogP contribution in [0.1, 0.15) is 27.7 Å². The number of methoxy groups -OCH3 is 1. The number of allylic oxidation sites excluding steroid dienone is 3. The molecule has 1 atom stereocenters. The predicted octanol–water partition coefficient (Wildman–Crippen LogP) is 6.68. The van der Waals surface area contributed by atoms with Crippen LogP contribution in [0.5, 0.6) is 5.75 Å². The van der Waals surface area contributed by atoms with E-state index < -0.39 is 8.80 Å². The Balaban J connectivity index is 0. The van der Waals surface area contributed by atoms with Crippen molar-refractivity contribution < 1.29 is 26.5 Å². The molecule has 0 fully saturated rings. The monoisotopic (exact) mass is 419 g/mol. The van der Waals surface area contributed by atoms with Gasteiger partial charge in [0, 0.05) is 21.7 Å². The third kappa shape index (κ3) is 4.31. The summed E-state index contributed by atoms with van der Waals surface area (Å²) in [7, 11) is 1.14. The maximum atomic E-state index is 5.45. The van der Waals surface area contributed by atoms with Gasteiger partial charge in [-0.1, -0.05) is 60.6 Å². The summed E-state index contributed by atoms with van der Waals surface area (Å²) in [6.45, 7) is 13.8. The zero-order valence-corrected chi connectivity index (χ0v) is 19.7. The fourth-order valence-electron chi connectivity index (χ4n) is 3.04. The van der Waals surface area contributed by atoms with E-state index in [4.69, 9.17) is 10.1 Å². The van der Waals surface area contributed by atoms with Crippen LogP contribution in [0.4, 0.5) is 5.69 Å². The number of para-hydroxylation sites is 2. The number of hydrogen-bond donors (Lipinski definition) is 0. The topological polar surface area (TPSA) is 23.3 Å². The van der Waals surface area contributed by atoms with Gasteiger partial charge in [0.2, 0.25) is 0 Å². The fourth-order valence-corrected chi connectivity index (χ4v) is 4.69. The number of ether oxygens (including phenoxy) is 1. The molecule has 1 unspecified atom stereocenters. The van der Waals surface area contributed by atoms with Gasteiger partial charge in [-0.05, 0) is 31.9 Å². The van der Waals surface area contributed by atoms with Crippen LogP contribution < -0.4 is 4.74 Å². The molecule has 1 aromatic rings. The van der Waals surface area contributed by atoms with Gasteiger partial charge >= 0.3 is 0 Å². The van der Waals surface area contributed by atoms with E-state index in [9.17, 15) is 0 Å². The second-order valence-electron chi connectivity index (χ2n) is 6.13. The van der Waals surface area contributed by atoms with Gasteiger partial charge in [0.15, 0.2) is 0 Å². The van der Waals surface area contributed by atoms with Gasteiger partial charge in [-0.3, -0.25) is 0 Å². The molecule has 1 aliphatic rings. The van der Waals surface area contributed by atoms with E-state index in [1.54, 1.807) is 7.11 Å². The molecule has 1 aliphatic carbocycles. The van der Waals surface area contributed by atoms with E-state index in [1.165, 1.54) is 22.4 Å². The van der Waals surface area contributed by atoms with Gasteiger partial charge in [-0.25, -0.2) is 0 Å². The van der Waals surface area contributed by atoms with Crippen LogP contribution in [-0.4, -0.2) is 15.9 Å². The van der Waals surface area contributed by atoms with E-state index in [1.807, 2.05) is 24.3 Å². The zero-order valence-electron chi connectivity index (χ0n) is 15.5.